The molecule has 132 valence electrons. The van der Waals surface area contributed by atoms with Gasteiger partial charge in [-0.2, -0.15) is 0 Å². The molecule has 1 N–H and O–H groups in total. The topological polar surface area (TPSA) is 77.5 Å². The second-order valence-corrected chi connectivity index (χ2v) is 6.80. The molecule has 0 aliphatic heterocycles. The molecule has 7 heteroatoms. The summed E-state index contributed by atoms with van der Waals surface area (Å²) in [4.78, 5) is 29.2. The summed E-state index contributed by atoms with van der Waals surface area (Å²) in [6, 6.07) is 5.51. The Labute approximate surface area is 150 Å². The van der Waals surface area contributed by atoms with Crippen molar-refractivity contribution < 1.29 is 19.1 Å². The molecule has 1 aliphatic rings. The lowest BCUT2D eigenvalue weighted by Gasteiger charge is -2.10. The summed E-state index contributed by atoms with van der Waals surface area (Å²) in [5, 5.41) is 3.30. The van der Waals surface area contributed by atoms with Crippen LogP contribution in [0.15, 0.2) is 18.2 Å². The van der Waals surface area contributed by atoms with Gasteiger partial charge in [-0.1, -0.05) is 11.3 Å². The zero-order valence-corrected chi connectivity index (χ0v) is 15.1. The number of anilines is 1. The second-order valence-electron chi connectivity index (χ2n) is 5.80. The number of ether oxygens (including phenoxy) is 2. The van der Waals surface area contributed by atoms with E-state index in [1.807, 2.05) is 18.2 Å². The standard InChI is InChI=1S/C18H20N2O4S/c1-23-12-7-8-15(24-2)11(10-12)6-9-16(22)20-18-19-13-4-3-5-14(21)17(13)25-18/h7-8,10H,3-6,9H2,1-2H3,(H,19,20,22). The average Bonchev–Trinajstić information content (AvgIpc) is 3.03. The predicted molar refractivity (Wildman–Crippen MR) is 95.9 cm³/mol. The number of amides is 1. The first-order valence-corrected chi connectivity index (χ1v) is 8.96. The molecule has 0 bridgehead atoms. The molecule has 0 atom stereocenters. The van der Waals surface area contributed by atoms with Gasteiger partial charge in [0.1, 0.15) is 11.5 Å². The lowest BCUT2D eigenvalue weighted by Crippen LogP contribution is -2.12. The van der Waals surface area contributed by atoms with E-state index in [1.54, 1.807) is 14.2 Å². The molecule has 0 unspecified atom stereocenters. The number of methoxy groups -OCH3 is 2. The number of hydrogen-bond donors (Lipinski definition) is 1. The Balaban J connectivity index is 1.63. The molecule has 6 nitrogen and oxygen atoms in total. The third-order valence-corrected chi connectivity index (χ3v) is 5.18. The van der Waals surface area contributed by atoms with Crippen LogP contribution in [0.25, 0.3) is 0 Å². The van der Waals surface area contributed by atoms with Gasteiger partial charge in [0.2, 0.25) is 5.91 Å². The number of thiazole rings is 1. The van der Waals surface area contributed by atoms with Crippen molar-refractivity contribution in [3.8, 4) is 11.5 Å². The van der Waals surface area contributed by atoms with Gasteiger partial charge in [-0.15, -0.1) is 0 Å². The fraction of sp³-hybridized carbons (Fsp3) is 0.389. The molecule has 0 radical (unpaired) electrons. The highest BCUT2D eigenvalue weighted by molar-refractivity contribution is 7.17. The number of rotatable bonds is 6. The van der Waals surface area contributed by atoms with Crippen LogP contribution < -0.4 is 14.8 Å². The molecule has 1 heterocycles. The van der Waals surface area contributed by atoms with Crippen LogP contribution in [-0.2, 0) is 17.6 Å². The van der Waals surface area contributed by atoms with E-state index in [1.165, 1.54) is 11.3 Å². The lowest BCUT2D eigenvalue weighted by molar-refractivity contribution is -0.116. The van der Waals surface area contributed by atoms with Gasteiger partial charge < -0.3 is 14.8 Å². The number of hydrogen-bond acceptors (Lipinski definition) is 6. The third-order valence-electron chi connectivity index (χ3n) is 4.12. The molecule has 0 saturated heterocycles. The van der Waals surface area contributed by atoms with E-state index >= 15 is 0 Å². The summed E-state index contributed by atoms with van der Waals surface area (Å²) in [5.74, 6) is 1.44. The van der Waals surface area contributed by atoms with Crippen LogP contribution in [0.1, 0.15) is 40.2 Å². The first-order chi connectivity index (χ1) is 12.1. The van der Waals surface area contributed by atoms with E-state index in [-0.39, 0.29) is 11.7 Å². The second kappa shape index (κ2) is 7.65. The van der Waals surface area contributed by atoms with Crippen molar-refractivity contribution in [2.75, 3.05) is 19.5 Å². The van der Waals surface area contributed by atoms with Gasteiger partial charge in [-0.3, -0.25) is 9.59 Å². The first-order valence-electron chi connectivity index (χ1n) is 8.14. The van der Waals surface area contributed by atoms with Crippen molar-refractivity contribution in [3.63, 3.8) is 0 Å². The molecule has 0 spiro atoms. The van der Waals surface area contributed by atoms with E-state index in [2.05, 4.69) is 10.3 Å². The molecule has 1 amide bonds. The van der Waals surface area contributed by atoms with Crippen molar-refractivity contribution in [3.05, 3.63) is 34.3 Å². The average molecular weight is 360 g/mol. The van der Waals surface area contributed by atoms with Crippen LogP contribution in [0.5, 0.6) is 11.5 Å². The van der Waals surface area contributed by atoms with Crippen LogP contribution in [0.2, 0.25) is 0 Å². The van der Waals surface area contributed by atoms with Gasteiger partial charge in [-0.05, 0) is 43.0 Å². The highest BCUT2D eigenvalue weighted by Crippen LogP contribution is 2.30. The minimum atomic E-state index is -0.136. The largest absolute Gasteiger partial charge is 0.497 e. The van der Waals surface area contributed by atoms with Gasteiger partial charge in [0, 0.05) is 12.8 Å². The Kier molecular flexibility index (Phi) is 5.33. The highest BCUT2D eigenvalue weighted by atomic mass is 32.1. The first kappa shape index (κ1) is 17.4. The Hall–Kier alpha value is -2.41. The van der Waals surface area contributed by atoms with Crippen molar-refractivity contribution in [2.45, 2.75) is 32.1 Å². The number of nitrogens with one attached hydrogen (secondary N) is 1. The molecule has 1 aromatic heterocycles. The zero-order valence-electron chi connectivity index (χ0n) is 14.3. The third kappa shape index (κ3) is 3.99. The normalized spacial score (nSPS) is 13.3. The molecule has 1 aromatic carbocycles. The van der Waals surface area contributed by atoms with Gasteiger partial charge in [0.05, 0.1) is 24.8 Å². The van der Waals surface area contributed by atoms with E-state index in [9.17, 15) is 9.59 Å². The maximum atomic E-state index is 12.2. The molecule has 2 aromatic rings. The van der Waals surface area contributed by atoms with Gasteiger partial charge in [-0.25, -0.2) is 4.98 Å². The number of nitrogens with zero attached hydrogens (tertiary/aromatic N) is 1. The number of fused-ring (bicyclic) bond motifs is 1. The molecular formula is C18H20N2O4S. The van der Waals surface area contributed by atoms with Crippen molar-refractivity contribution >= 4 is 28.2 Å². The summed E-state index contributed by atoms with van der Waals surface area (Å²) in [7, 11) is 3.20. The smallest absolute Gasteiger partial charge is 0.226 e. The van der Waals surface area contributed by atoms with E-state index in [0.717, 1.165) is 35.6 Å². The number of carbonyl (C=O) groups is 2. The van der Waals surface area contributed by atoms with Crippen LogP contribution in [0, 0.1) is 0 Å². The van der Waals surface area contributed by atoms with Crippen molar-refractivity contribution in [2.24, 2.45) is 0 Å². The Morgan fingerprint density at radius 2 is 2.12 bits per heavy atom. The molecule has 0 saturated carbocycles. The summed E-state index contributed by atoms with van der Waals surface area (Å²) in [6.07, 6.45) is 3.02. The molecule has 25 heavy (non-hydrogen) atoms. The van der Waals surface area contributed by atoms with Crippen LogP contribution in [0.4, 0.5) is 5.13 Å². The molecular weight excluding hydrogens is 340 g/mol. The fourth-order valence-electron chi connectivity index (χ4n) is 2.83. The Bertz CT molecular complexity index is 800. The number of aryl methyl sites for hydroxylation is 2. The van der Waals surface area contributed by atoms with E-state index < -0.39 is 0 Å². The van der Waals surface area contributed by atoms with E-state index in [0.29, 0.717) is 29.3 Å². The predicted octanol–water partition coefficient (Wildman–Crippen LogP) is 3.25. The Morgan fingerprint density at radius 1 is 1.28 bits per heavy atom. The summed E-state index contributed by atoms with van der Waals surface area (Å²) >= 11 is 1.27. The summed E-state index contributed by atoms with van der Waals surface area (Å²) < 4.78 is 10.5. The van der Waals surface area contributed by atoms with E-state index in [4.69, 9.17) is 9.47 Å². The number of Topliss-reactive ketones (excluding diaryl/α,β-unsaturated/α-hetero) is 1. The minimum absolute atomic E-state index is 0.125. The maximum absolute atomic E-state index is 12.2. The summed E-state index contributed by atoms with van der Waals surface area (Å²) in [6.45, 7) is 0. The highest BCUT2D eigenvalue weighted by Gasteiger charge is 2.22. The van der Waals surface area contributed by atoms with Crippen LogP contribution >= 0.6 is 11.3 Å². The van der Waals surface area contributed by atoms with Crippen molar-refractivity contribution in [1.82, 2.24) is 4.98 Å². The lowest BCUT2D eigenvalue weighted by atomic mass is 10.0. The minimum Gasteiger partial charge on any atom is -0.497 e. The molecule has 3 rings (SSSR count). The van der Waals surface area contributed by atoms with Crippen molar-refractivity contribution in [1.29, 1.82) is 0 Å². The molecule has 0 fully saturated rings. The van der Waals surface area contributed by atoms with Crippen LogP contribution in [-0.4, -0.2) is 30.9 Å². The number of aromatic nitrogens is 1. The van der Waals surface area contributed by atoms with Gasteiger partial charge >= 0.3 is 0 Å². The zero-order chi connectivity index (χ0) is 17.8. The summed E-state index contributed by atoms with van der Waals surface area (Å²) in [5.41, 5.74) is 1.72. The van der Waals surface area contributed by atoms with Gasteiger partial charge in [0.15, 0.2) is 10.9 Å². The van der Waals surface area contributed by atoms with Gasteiger partial charge in [0.25, 0.3) is 0 Å². The molecule has 1 aliphatic carbocycles. The SMILES string of the molecule is COc1ccc(OC)c(CCC(=O)Nc2nc3c(s2)C(=O)CCC3)c1. The van der Waals surface area contributed by atoms with Crippen LogP contribution in [0.3, 0.4) is 0 Å². The number of carbonyl (C=O) groups excluding carboxylic acids is 2. The number of benzene rings is 1. The monoisotopic (exact) mass is 360 g/mol. The Morgan fingerprint density at radius 3 is 2.84 bits per heavy atom. The quantitative estimate of drug-likeness (QED) is 0.856. The fourth-order valence-corrected chi connectivity index (χ4v) is 3.83. The number of ketones is 1. The maximum Gasteiger partial charge on any atom is 0.226 e.